The number of hydrogen-bond donors (Lipinski definition) is 2. The maximum Gasteiger partial charge on any atom is 0.150 e. The molecule has 3 heteroatoms. The van der Waals surface area contributed by atoms with Gasteiger partial charge in [-0.25, -0.2) is 4.79 Å². The number of nitrogens with one attached hydrogen (secondary N) is 1. The molecule has 1 aromatic rings. The van der Waals surface area contributed by atoms with E-state index in [-0.39, 0.29) is 0 Å². The fraction of sp³-hybridized carbons (Fsp3) is 0.0769. The predicted octanol–water partition coefficient (Wildman–Crippen LogP) is 1.61. The minimum Gasteiger partial charge on any atom is -0.399 e. The minimum absolute atomic E-state index is 0.331. The Bertz CT molecular complexity index is 457. The van der Waals surface area contributed by atoms with Crippen molar-refractivity contribution < 1.29 is 4.79 Å². The summed E-state index contributed by atoms with van der Waals surface area (Å²) in [5.74, 6) is 1.75. The van der Waals surface area contributed by atoms with Gasteiger partial charge in [-0.2, -0.15) is 0 Å². The average Bonchev–Trinajstić information content (AvgIpc) is 2.30. The van der Waals surface area contributed by atoms with Crippen molar-refractivity contribution in [3.8, 4) is 0 Å². The van der Waals surface area contributed by atoms with Gasteiger partial charge < -0.3 is 11.1 Å². The molecule has 0 aliphatic rings. The van der Waals surface area contributed by atoms with Crippen LogP contribution in [-0.2, 0) is 11.3 Å². The maximum atomic E-state index is 10.4. The third-order valence-electron chi connectivity index (χ3n) is 2.15. The summed E-state index contributed by atoms with van der Waals surface area (Å²) in [5.41, 5.74) is 8.35. The number of allylic oxidation sites excluding steroid dienone is 1. The van der Waals surface area contributed by atoms with E-state index in [1.165, 1.54) is 6.08 Å². The zero-order valence-corrected chi connectivity index (χ0v) is 8.99. The summed E-state index contributed by atoms with van der Waals surface area (Å²) in [6, 6.07) is 7.60. The van der Waals surface area contributed by atoms with Crippen molar-refractivity contribution in [2.75, 3.05) is 0 Å². The molecule has 0 amide bonds. The van der Waals surface area contributed by atoms with E-state index in [0.717, 1.165) is 11.1 Å². The number of rotatable bonds is 5. The molecule has 0 unspecified atom stereocenters. The Morgan fingerprint density at radius 1 is 1.50 bits per heavy atom. The first kappa shape index (κ1) is 11.8. The Kier molecular flexibility index (Phi) is 4.13. The monoisotopic (exact) mass is 214 g/mol. The molecule has 0 heterocycles. The lowest BCUT2D eigenvalue weighted by atomic mass is 10.1. The van der Waals surface area contributed by atoms with Crippen LogP contribution < -0.4 is 11.1 Å². The lowest BCUT2D eigenvalue weighted by Crippen LogP contribution is -2.13. The third-order valence-corrected chi connectivity index (χ3v) is 2.15. The molecule has 0 fully saturated rings. The van der Waals surface area contributed by atoms with Crippen LogP contribution in [0.25, 0.3) is 5.70 Å². The minimum atomic E-state index is 0.331. The zero-order chi connectivity index (χ0) is 12.0. The number of carbonyl (C=O) groups excluding carboxylic acids is 1. The SMILES string of the molecule is C=CC(=C=O)NCc1ccccc1C(=C)N. The molecule has 16 heavy (non-hydrogen) atoms. The van der Waals surface area contributed by atoms with Crippen LogP contribution in [0.1, 0.15) is 11.1 Å². The maximum absolute atomic E-state index is 10.4. The molecule has 0 saturated carbocycles. The second-order valence-electron chi connectivity index (χ2n) is 3.26. The summed E-state index contributed by atoms with van der Waals surface area (Å²) in [6.07, 6.45) is 1.42. The van der Waals surface area contributed by atoms with Crippen LogP contribution in [0, 0.1) is 0 Å². The van der Waals surface area contributed by atoms with Crippen molar-refractivity contribution in [3.05, 3.63) is 60.3 Å². The Labute approximate surface area is 95.0 Å². The van der Waals surface area contributed by atoms with Gasteiger partial charge in [0.15, 0.2) is 0 Å². The van der Waals surface area contributed by atoms with E-state index < -0.39 is 0 Å². The molecule has 1 aromatic carbocycles. The van der Waals surface area contributed by atoms with E-state index >= 15 is 0 Å². The second kappa shape index (κ2) is 5.59. The molecule has 0 aromatic heterocycles. The summed E-state index contributed by atoms with van der Waals surface area (Å²) in [7, 11) is 0. The molecule has 0 atom stereocenters. The van der Waals surface area contributed by atoms with Gasteiger partial charge in [0.05, 0.1) is 0 Å². The number of nitrogens with two attached hydrogens (primary N) is 1. The molecule has 0 spiro atoms. The molecule has 1 rings (SSSR count). The van der Waals surface area contributed by atoms with Crippen LogP contribution >= 0.6 is 0 Å². The lowest BCUT2D eigenvalue weighted by molar-refractivity contribution is 0.565. The Hall–Kier alpha value is -2.25. The van der Waals surface area contributed by atoms with Gasteiger partial charge >= 0.3 is 0 Å². The Balaban J connectivity index is 2.85. The van der Waals surface area contributed by atoms with Crippen LogP contribution in [-0.4, -0.2) is 5.94 Å². The van der Waals surface area contributed by atoms with Crippen LogP contribution in [0.3, 0.4) is 0 Å². The smallest absolute Gasteiger partial charge is 0.150 e. The number of benzene rings is 1. The topological polar surface area (TPSA) is 55.1 Å². The van der Waals surface area contributed by atoms with Gasteiger partial charge in [-0.15, -0.1) is 0 Å². The normalized spacial score (nSPS) is 9.00. The average molecular weight is 214 g/mol. The van der Waals surface area contributed by atoms with Crippen LogP contribution in [0.15, 0.2) is 49.2 Å². The highest BCUT2D eigenvalue weighted by atomic mass is 16.1. The second-order valence-corrected chi connectivity index (χ2v) is 3.26. The number of hydrogen-bond acceptors (Lipinski definition) is 3. The summed E-state index contributed by atoms with van der Waals surface area (Å²) in [6.45, 7) is 7.69. The first-order valence-electron chi connectivity index (χ1n) is 4.83. The van der Waals surface area contributed by atoms with Crippen molar-refractivity contribution in [2.45, 2.75) is 6.54 Å². The summed E-state index contributed by atoms with van der Waals surface area (Å²) >= 11 is 0. The van der Waals surface area contributed by atoms with Crippen molar-refractivity contribution in [2.24, 2.45) is 5.73 Å². The highest BCUT2D eigenvalue weighted by molar-refractivity contribution is 5.63. The van der Waals surface area contributed by atoms with Gasteiger partial charge in [0.2, 0.25) is 0 Å². The van der Waals surface area contributed by atoms with Crippen molar-refractivity contribution >= 4 is 11.6 Å². The molecular formula is C13H14N2O. The van der Waals surface area contributed by atoms with E-state index in [9.17, 15) is 4.79 Å². The largest absolute Gasteiger partial charge is 0.399 e. The molecule has 3 N–H and O–H groups in total. The molecule has 0 bridgehead atoms. The standard InChI is InChI=1S/C13H14N2O/c1-3-12(9-16)15-8-11-6-4-5-7-13(11)10(2)14/h3-7,15H,1-2,8,14H2. The van der Waals surface area contributed by atoms with Gasteiger partial charge in [0, 0.05) is 17.8 Å². The molecule has 3 nitrogen and oxygen atoms in total. The van der Waals surface area contributed by atoms with Crippen LogP contribution in [0.2, 0.25) is 0 Å². The molecule has 0 radical (unpaired) electrons. The first-order chi connectivity index (χ1) is 7.69. The third kappa shape index (κ3) is 2.87. The predicted molar refractivity (Wildman–Crippen MR) is 65.9 cm³/mol. The summed E-state index contributed by atoms with van der Waals surface area (Å²) in [5, 5.41) is 2.91. The molecule has 0 aliphatic carbocycles. The Morgan fingerprint density at radius 2 is 2.19 bits per heavy atom. The fourth-order valence-corrected chi connectivity index (χ4v) is 1.33. The van der Waals surface area contributed by atoms with Gasteiger partial charge in [-0.3, -0.25) is 0 Å². The van der Waals surface area contributed by atoms with E-state index in [2.05, 4.69) is 18.5 Å². The van der Waals surface area contributed by atoms with Crippen LogP contribution in [0.4, 0.5) is 0 Å². The highest BCUT2D eigenvalue weighted by Gasteiger charge is 2.02. The fourth-order valence-electron chi connectivity index (χ4n) is 1.33. The zero-order valence-electron chi connectivity index (χ0n) is 8.99. The van der Waals surface area contributed by atoms with Gasteiger partial charge in [0.25, 0.3) is 0 Å². The highest BCUT2D eigenvalue weighted by Crippen LogP contribution is 2.13. The van der Waals surface area contributed by atoms with E-state index in [0.29, 0.717) is 17.9 Å². The lowest BCUT2D eigenvalue weighted by Gasteiger charge is -2.09. The molecule has 0 aliphatic heterocycles. The quantitative estimate of drug-likeness (QED) is 0.578. The molecule has 82 valence electrons. The Morgan fingerprint density at radius 3 is 2.75 bits per heavy atom. The van der Waals surface area contributed by atoms with E-state index in [1.807, 2.05) is 24.3 Å². The van der Waals surface area contributed by atoms with Crippen LogP contribution in [0.5, 0.6) is 0 Å². The first-order valence-corrected chi connectivity index (χ1v) is 4.83. The molecule has 0 saturated heterocycles. The van der Waals surface area contributed by atoms with Gasteiger partial charge in [0.1, 0.15) is 11.6 Å². The van der Waals surface area contributed by atoms with Gasteiger partial charge in [-0.1, -0.05) is 37.4 Å². The molecular weight excluding hydrogens is 200 g/mol. The van der Waals surface area contributed by atoms with Crippen molar-refractivity contribution in [3.63, 3.8) is 0 Å². The van der Waals surface area contributed by atoms with E-state index in [4.69, 9.17) is 5.73 Å². The van der Waals surface area contributed by atoms with E-state index in [1.54, 1.807) is 5.94 Å². The van der Waals surface area contributed by atoms with Gasteiger partial charge in [-0.05, 0) is 11.6 Å². The van der Waals surface area contributed by atoms with Crippen molar-refractivity contribution in [1.82, 2.24) is 5.32 Å². The summed E-state index contributed by atoms with van der Waals surface area (Å²) < 4.78 is 0. The summed E-state index contributed by atoms with van der Waals surface area (Å²) in [4.78, 5) is 10.4. The van der Waals surface area contributed by atoms with Crippen molar-refractivity contribution in [1.29, 1.82) is 0 Å².